The molecule has 4 rings (SSSR count). The third-order valence-electron chi connectivity index (χ3n) is 5.22. The van der Waals surface area contributed by atoms with E-state index in [1.54, 1.807) is 6.20 Å². The topological polar surface area (TPSA) is 47.0 Å². The van der Waals surface area contributed by atoms with Gasteiger partial charge in [-0.1, -0.05) is 47.5 Å². The van der Waals surface area contributed by atoms with Gasteiger partial charge in [-0.25, -0.2) is 9.97 Å². The number of hydrogen-bond acceptors (Lipinski definition) is 4. The van der Waals surface area contributed by atoms with Crippen molar-refractivity contribution < 1.29 is 4.74 Å². The lowest BCUT2D eigenvalue weighted by atomic mass is 9.95. The SMILES string of the molecule is Clc1ccc(-c2ncc(OCCC3CCNCC3)nc2-c2ccc(Cl)cc2)cc1. The van der Waals surface area contributed by atoms with Gasteiger partial charge in [0.2, 0.25) is 5.88 Å². The first-order valence-corrected chi connectivity index (χ1v) is 10.7. The van der Waals surface area contributed by atoms with Crippen molar-refractivity contribution in [1.29, 1.82) is 0 Å². The zero-order valence-electron chi connectivity index (χ0n) is 16.1. The summed E-state index contributed by atoms with van der Waals surface area (Å²) >= 11 is 12.1. The van der Waals surface area contributed by atoms with Gasteiger partial charge in [-0.05, 0) is 62.5 Å². The smallest absolute Gasteiger partial charge is 0.232 e. The Balaban J connectivity index is 1.58. The highest BCUT2D eigenvalue weighted by molar-refractivity contribution is 6.31. The van der Waals surface area contributed by atoms with Crippen LogP contribution in [-0.4, -0.2) is 29.7 Å². The average Bonchev–Trinajstić information content (AvgIpc) is 2.76. The first-order chi connectivity index (χ1) is 14.2. The van der Waals surface area contributed by atoms with E-state index in [2.05, 4.69) is 10.3 Å². The molecule has 1 aromatic heterocycles. The molecule has 0 spiro atoms. The van der Waals surface area contributed by atoms with E-state index >= 15 is 0 Å². The van der Waals surface area contributed by atoms with Crippen molar-refractivity contribution in [3.8, 4) is 28.4 Å². The van der Waals surface area contributed by atoms with Crippen molar-refractivity contribution in [2.24, 2.45) is 5.92 Å². The van der Waals surface area contributed by atoms with Gasteiger partial charge in [-0.15, -0.1) is 0 Å². The molecule has 150 valence electrons. The van der Waals surface area contributed by atoms with Gasteiger partial charge in [-0.2, -0.15) is 0 Å². The Hall–Kier alpha value is -2.14. The summed E-state index contributed by atoms with van der Waals surface area (Å²) in [6.45, 7) is 2.85. The van der Waals surface area contributed by atoms with Gasteiger partial charge in [0.15, 0.2) is 0 Å². The minimum atomic E-state index is 0.543. The molecule has 6 heteroatoms. The summed E-state index contributed by atoms with van der Waals surface area (Å²) in [4.78, 5) is 9.45. The molecule has 1 aliphatic rings. The summed E-state index contributed by atoms with van der Waals surface area (Å²) in [5.74, 6) is 1.26. The third-order valence-corrected chi connectivity index (χ3v) is 5.72. The van der Waals surface area contributed by atoms with E-state index in [0.29, 0.717) is 28.5 Å². The highest BCUT2D eigenvalue weighted by Crippen LogP contribution is 2.31. The molecular weight excluding hydrogens is 405 g/mol. The normalized spacial score (nSPS) is 14.7. The van der Waals surface area contributed by atoms with E-state index in [4.69, 9.17) is 32.9 Å². The summed E-state index contributed by atoms with van der Waals surface area (Å²) in [6.07, 6.45) is 5.16. The molecule has 0 bridgehead atoms. The van der Waals surface area contributed by atoms with Gasteiger partial charge in [0, 0.05) is 21.2 Å². The van der Waals surface area contributed by atoms with Gasteiger partial charge < -0.3 is 10.1 Å². The van der Waals surface area contributed by atoms with Crippen LogP contribution in [0.2, 0.25) is 10.0 Å². The number of aromatic nitrogens is 2. The van der Waals surface area contributed by atoms with Crippen molar-refractivity contribution >= 4 is 23.2 Å². The standard InChI is InChI=1S/C23H23Cl2N3O/c24-19-5-1-17(2-6-19)22-23(18-3-7-20(25)8-4-18)28-21(15-27-22)29-14-11-16-9-12-26-13-10-16/h1-8,15-16,26H,9-14H2. The molecule has 0 radical (unpaired) electrons. The Morgan fingerprint density at radius 1 is 0.862 bits per heavy atom. The minimum Gasteiger partial charge on any atom is -0.477 e. The molecule has 1 N–H and O–H groups in total. The lowest BCUT2D eigenvalue weighted by Crippen LogP contribution is -2.28. The van der Waals surface area contributed by atoms with Crippen molar-refractivity contribution in [3.63, 3.8) is 0 Å². The third kappa shape index (κ3) is 5.27. The second-order valence-electron chi connectivity index (χ2n) is 7.25. The Morgan fingerprint density at radius 2 is 1.45 bits per heavy atom. The predicted molar refractivity (Wildman–Crippen MR) is 119 cm³/mol. The van der Waals surface area contributed by atoms with Gasteiger partial charge >= 0.3 is 0 Å². The monoisotopic (exact) mass is 427 g/mol. The van der Waals surface area contributed by atoms with E-state index in [0.717, 1.165) is 42.0 Å². The van der Waals surface area contributed by atoms with Crippen molar-refractivity contribution in [3.05, 3.63) is 64.8 Å². The van der Waals surface area contributed by atoms with E-state index in [1.165, 1.54) is 12.8 Å². The number of benzene rings is 2. The van der Waals surface area contributed by atoms with Crippen LogP contribution in [-0.2, 0) is 0 Å². The van der Waals surface area contributed by atoms with Crippen LogP contribution in [0.3, 0.4) is 0 Å². The summed E-state index contributed by atoms with van der Waals surface area (Å²) in [5, 5.41) is 4.77. The maximum absolute atomic E-state index is 6.07. The number of nitrogens with one attached hydrogen (secondary N) is 1. The maximum atomic E-state index is 6.07. The van der Waals surface area contributed by atoms with Crippen LogP contribution in [0.15, 0.2) is 54.7 Å². The molecule has 1 aliphatic heterocycles. The Labute approximate surface area is 181 Å². The molecule has 0 atom stereocenters. The van der Waals surface area contributed by atoms with Crippen LogP contribution >= 0.6 is 23.2 Å². The molecule has 4 nitrogen and oxygen atoms in total. The fraction of sp³-hybridized carbons (Fsp3) is 0.304. The molecule has 2 aromatic carbocycles. The quantitative estimate of drug-likeness (QED) is 0.532. The number of nitrogens with zero attached hydrogens (tertiary/aromatic N) is 2. The molecular formula is C23H23Cl2N3O. The minimum absolute atomic E-state index is 0.543. The molecule has 0 amide bonds. The molecule has 3 aromatic rings. The Kier molecular flexibility index (Phi) is 6.65. The fourth-order valence-electron chi connectivity index (χ4n) is 3.57. The van der Waals surface area contributed by atoms with Crippen molar-refractivity contribution in [1.82, 2.24) is 15.3 Å². The van der Waals surface area contributed by atoms with Gasteiger partial charge in [0.05, 0.1) is 18.5 Å². The van der Waals surface area contributed by atoms with E-state index in [-0.39, 0.29) is 0 Å². The molecule has 1 fully saturated rings. The van der Waals surface area contributed by atoms with Crippen LogP contribution in [0.1, 0.15) is 19.3 Å². The number of ether oxygens (including phenoxy) is 1. The lowest BCUT2D eigenvalue weighted by molar-refractivity contribution is 0.245. The summed E-state index contributed by atoms with van der Waals surface area (Å²) in [7, 11) is 0. The molecule has 0 aliphatic carbocycles. The first kappa shape index (κ1) is 20.1. The summed E-state index contributed by atoms with van der Waals surface area (Å²) in [6, 6.07) is 15.2. The number of halogens is 2. The van der Waals surface area contributed by atoms with Gasteiger partial charge in [-0.3, -0.25) is 0 Å². The van der Waals surface area contributed by atoms with Gasteiger partial charge in [0.25, 0.3) is 0 Å². The zero-order chi connectivity index (χ0) is 20.1. The average molecular weight is 428 g/mol. The van der Waals surface area contributed by atoms with Crippen LogP contribution in [0.25, 0.3) is 22.5 Å². The van der Waals surface area contributed by atoms with Crippen LogP contribution in [0.5, 0.6) is 5.88 Å². The molecule has 1 saturated heterocycles. The van der Waals surface area contributed by atoms with Crippen LogP contribution in [0, 0.1) is 5.92 Å². The van der Waals surface area contributed by atoms with Gasteiger partial charge in [0.1, 0.15) is 5.69 Å². The van der Waals surface area contributed by atoms with E-state index < -0.39 is 0 Å². The van der Waals surface area contributed by atoms with E-state index in [9.17, 15) is 0 Å². The second-order valence-corrected chi connectivity index (χ2v) is 8.12. The van der Waals surface area contributed by atoms with Crippen molar-refractivity contribution in [2.45, 2.75) is 19.3 Å². The molecule has 0 unspecified atom stereocenters. The largest absolute Gasteiger partial charge is 0.477 e. The zero-order valence-corrected chi connectivity index (χ0v) is 17.6. The maximum Gasteiger partial charge on any atom is 0.232 e. The highest BCUT2D eigenvalue weighted by atomic mass is 35.5. The van der Waals surface area contributed by atoms with Crippen LogP contribution in [0.4, 0.5) is 0 Å². The number of hydrogen-bond donors (Lipinski definition) is 1. The predicted octanol–water partition coefficient (Wildman–Crippen LogP) is 5.89. The molecule has 2 heterocycles. The molecule has 0 saturated carbocycles. The fourth-order valence-corrected chi connectivity index (χ4v) is 3.82. The Bertz CT molecular complexity index is 939. The summed E-state index contributed by atoms with van der Waals surface area (Å²) < 4.78 is 5.96. The summed E-state index contributed by atoms with van der Waals surface area (Å²) in [5.41, 5.74) is 3.45. The molecule has 29 heavy (non-hydrogen) atoms. The number of rotatable bonds is 6. The lowest BCUT2D eigenvalue weighted by Gasteiger charge is -2.22. The van der Waals surface area contributed by atoms with Crippen LogP contribution < -0.4 is 10.1 Å². The van der Waals surface area contributed by atoms with E-state index in [1.807, 2.05) is 48.5 Å². The highest BCUT2D eigenvalue weighted by Gasteiger charge is 2.15. The Morgan fingerprint density at radius 3 is 2.07 bits per heavy atom. The first-order valence-electron chi connectivity index (χ1n) is 9.91. The number of piperidine rings is 1. The van der Waals surface area contributed by atoms with Crippen molar-refractivity contribution in [2.75, 3.05) is 19.7 Å². The second kappa shape index (κ2) is 9.57.